The number of amides is 1. The highest BCUT2D eigenvalue weighted by atomic mass is 16.6. The highest BCUT2D eigenvalue weighted by Gasteiger charge is 2.16. The Labute approximate surface area is 110 Å². The van der Waals surface area contributed by atoms with Gasteiger partial charge in [0.05, 0.1) is 24.6 Å². The summed E-state index contributed by atoms with van der Waals surface area (Å²) < 4.78 is 5.23. The van der Waals surface area contributed by atoms with E-state index in [-0.39, 0.29) is 37.0 Å². The Balaban J connectivity index is 2.67. The van der Waals surface area contributed by atoms with Crippen LogP contribution in [0.25, 0.3) is 0 Å². The van der Waals surface area contributed by atoms with Crippen molar-refractivity contribution in [3.63, 3.8) is 0 Å². The van der Waals surface area contributed by atoms with Crippen molar-refractivity contribution in [2.24, 2.45) is 0 Å². The van der Waals surface area contributed by atoms with Gasteiger partial charge in [0.15, 0.2) is 5.75 Å². The molecule has 0 fully saturated rings. The molecule has 7 nitrogen and oxygen atoms in total. The van der Waals surface area contributed by atoms with Gasteiger partial charge in [0.2, 0.25) is 5.91 Å². The zero-order chi connectivity index (χ0) is 14.3. The Bertz CT molecular complexity index is 461. The molecule has 0 aliphatic rings. The summed E-state index contributed by atoms with van der Waals surface area (Å²) in [5.41, 5.74) is 0.213. The topological polar surface area (TPSA) is 102 Å². The number of rotatable bonds is 7. The summed E-state index contributed by atoms with van der Waals surface area (Å²) in [6.45, 7) is 2.12. The quantitative estimate of drug-likeness (QED) is 0.567. The molecule has 0 bridgehead atoms. The van der Waals surface area contributed by atoms with Crippen LogP contribution in [0.2, 0.25) is 0 Å². The molecule has 1 rings (SSSR count). The summed E-state index contributed by atoms with van der Waals surface area (Å²) in [6.07, 6.45) is 0.132. The first kappa shape index (κ1) is 14.9. The van der Waals surface area contributed by atoms with Gasteiger partial charge in [-0.1, -0.05) is 6.07 Å². The van der Waals surface area contributed by atoms with Crippen LogP contribution in [0.5, 0.6) is 5.75 Å². The van der Waals surface area contributed by atoms with E-state index in [0.717, 1.165) is 0 Å². The standard InChI is InChI=1S/C12H16N2O5/c1-2-13-12(16)5-6-19-11-4-3-9(8-15)7-10(11)14(17)18/h3-4,7,15H,2,5-6,8H2,1H3,(H,13,16). The van der Waals surface area contributed by atoms with E-state index in [1.54, 1.807) is 6.92 Å². The number of nitro groups is 1. The van der Waals surface area contributed by atoms with Gasteiger partial charge in [-0.25, -0.2) is 0 Å². The third-order valence-corrected chi connectivity index (χ3v) is 2.36. The molecule has 1 aromatic rings. The van der Waals surface area contributed by atoms with Crippen LogP contribution < -0.4 is 10.1 Å². The molecular weight excluding hydrogens is 252 g/mol. The number of carbonyl (C=O) groups excluding carboxylic acids is 1. The van der Waals surface area contributed by atoms with Crippen molar-refractivity contribution in [3.05, 3.63) is 33.9 Å². The van der Waals surface area contributed by atoms with Gasteiger partial charge in [0.1, 0.15) is 0 Å². The number of carbonyl (C=O) groups is 1. The maximum Gasteiger partial charge on any atom is 0.311 e. The van der Waals surface area contributed by atoms with E-state index in [4.69, 9.17) is 9.84 Å². The van der Waals surface area contributed by atoms with E-state index >= 15 is 0 Å². The van der Waals surface area contributed by atoms with Crippen LogP contribution in [0.15, 0.2) is 18.2 Å². The first-order valence-corrected chi connectivity index (χ1v) is 5.86. The average Bonchev–Trinajstić information content (AvgIpc) is 2.39. The minimum Gasteiger partial charge on any atom is -0.486 e. The van der Waals surface area contributed by atoms with Gasteiger partial charge in [-0.3, -0.25) is 14.9 Å². The number of ether oxygens (including phenoxy) is 1. The van der Waals surface area contributed by atoms with Gasteiger partial charge in [-0.2, -0.15) is 0 Å². The zero-order valence-corrected chi connectivity index (χ0v) is 10.6. The van der Waals surface area contributed by atoms with Gasteiger partial charge < -0.3 is 15.2 Å². The molecule has 1 aromatic carbocycles. The molecule has 0 radical (unpaired) electrons. The highest BCUT2D eigenvalue weighted by molar-refractivity contribution is 5.75. The zero-order valence-electron chi connectivity index (χ0n) is 10.6. The lowest BCUT2D eigenvalue weighted by Gasteiger charge is -2.07. The molecule has 104 valence electrons. The van der Waals surface area contributed by atoms with Crippen molar-refractivity contribution in [2.45, 2.75) is 20.0 Å². The Hall–Kier alpha value is -2.15. The minimum absolute atomic E-state index is 0.0607. The van der Waals surface area contributed by atoms with Crippen LogP contribution in [0.4, 0.5) is 5.69 Å². The van der Waals surface area contributed by atoms with Crippen LogP contribution in [-0.2, 0) is 11.4 Å². The lowest BCUT2D eigenvalue weighted by molar-refractivity contribution is -0.386. The number of nitrogens with one attached hydrogen (secondary N) is 1. The second-order valence-corrected chi connectivity index (χ2v) is 3.77. The van der Waals surface area contributed by atoms with Gasteiger partial charge >= 0.3 is 5.69 Å². The molecule has 2 N–H and O–H groups in total. The summed E-state index contributed by atoms with van der Waals surface area (Å²) in [5, 5.41) is 22.4. The van der Waals surface area contributed by atoms with Crippen LogP contribution >= 0.6 is 0 Å². The van der Waals surface area contributed by atoms with E-state index in [0.29, 0.717) is 12.1 Å². The number of benzene rings is 1. The van der Waals surface area contributed by atoms with Crippen molar-refractivity contribution in [1.29, 1.82) is 0 Å². The predicted molar refractivity (Wildman–Crippen MR) is 67.8 cm³/mol. The molecule has 7 heteroatoms. The molecule has 0 aliphatic heterocycles. The summed E-state index contributed by atoms with van der Waals surface area (Å²) in [6, 6.07) is 4.21. The Morgan fingerprint density at radius 3 is 2.84 bits per heavy atom. The fraction of sp³-hybridized carbons (Fsp3) is 0.417. The third-order valence-electron chi connectivity index (χ3n) is 2.36. The second kappa shape index (κ2) is 7.32. The van der Waals surface area contributed by atoms with Crippen molar-refractivity contribution < 1.29 is 19.6 Å². The predicted octanol–water partition coefficient (Wildman–Crippen LogP) is 0.992. The van der Waals surface area contributed by atoms with Gasteiger partial charge in [0, 0.05) is 12.6 Å². The molecule has 19 heavy (non-hydrogen) atoms. The Morgan fingerprint density at radius 2 is 2.26 bits per heavy atom. The maximum absolute atomic E-state index is 11.2. The van der Waals surface area contributed by atoms with E-state index in [9.17, 15) is 14.9 Å². The third kappa shape index (κ3) is 4.55. The van der Waals surface area contributed by atoms with Crippen molar-refractivity contribution >= 4 is 11.6 Å². The van der Waals surface area contributed by atoms with E-state index < -0.39 is 4.92 Å². The molecule has 0 saturated heterocycles. The number of nitrogens with zero attached hydrogens (tertiary/aromatic N) is 1. The summed E-state index contributed by atoms with van der Waals surface area (Å²) in [7, 11) is 0. The first-order valence-electron chi connectivity index (χ1n) is 5.86. The van der Waals surface area contributed by atoms with E-state index in [2.05, 4.69) is 5.32 Å². The first-order chi connectivity index (χ1) is 9.08. The lowest BCUT2D eigenvalue weighted by Crippen LogP contribution is -2.24. The fourth-order valence-electron chi connectivity index (χ4n) is 1.47. The highest BCUT2D eigenvalue weighted by Crippen LogP contribution is 2.28. The van der Waals surface area contributed by atoms with Gasteiger partial charge in [0.25, 0.3) is 0 Å². The fourth-order valence-corrected chi connectivity index (χ4v) is 1.47. The molecule has 0 aliphatic carbocycles. The Kier molecular flexibility index (Phi) is 5.74. The number of hydrogen-bond donors (Lipinski definition) is 2. The van der Waals surface area contributed by atoms with E-state index in [1.165, 1.54) is 18.2 Å². The molecule has 0 saturated carbocycles. The smallest absolute Gasteiger partial charge is 0.311 e. The molecule has 1 amide bonds. The van der Waals surface area contributed by atoms with Crippen LogP contribution in [0.3, 0.4) is 0 Å². The minimum atomic E-state index is -0.583. The van der Waals surface area contributed by atoms with Crippen LogP contribution in [0.1, 0.15) is 18.9 Å². The summed E-state index contributed by atoms with van der Waals surface area (Å²) in [4.78, 5) is 21.5. The van der Waals surface area contributed by atoms with Crippen molar-refractivity contribution in [2.75, 3.05) is 13.2 Å². The monoisotopic (exact) mass is 268 g/mol. The van der Waals surface area contributed by atoms with Crippen LogP contribution in [-0.4, -0.2) is 29.1 Å². The largest absolute Gasteiger partial charge is 0.486 e. The average molecular weight is 268 g/mol. The molecular formula is C12H16N2O5. The molecule has 0 atom stereocenters. The molecule has 0 spiro atoms. The number of aliphatic hydroxyl groups excluding tert-OH is 1. The SMILES string of the molecule is CCNC(=O)CCOc1ccc(CO)cc1[N+](=O)[O-]. The Morgan fingerprint density at radius 1 is 1.53 bits per heavy atom. The molecule has 0 unspecified atom stereocenters. The van der Waals surface area contributed by atoms with E-state index in [1.807, 2.05) is 0 Å². The van der Waals surface area contributed by atoms with Crippen molar-refractivity contribution in [1.82, 2.24) is 5.32 Å². The second-order valence-electron chi connectivity index (χ2n) is 3.77. The number of hydrogen-bond acceptors (Lipinski definition) is 5. The van der Waals surface area contributed by atoms with Gasteiger partial charge in [-0.05, 0) is 18.6 Å². The summed E-state index contributed by atoms with van der Waals surface area (Å²) in [5.74, 6) is -0.0800. The van der Waals surface area contributed by atoms with Gasteiger partial charge in [-0.15, -0.1) is 0 Å². The normalized spacial score (nSPS) is 10.0. The lowest BCUT2D eigenvalue weighted by atomic mass is 10.2. The molecule has 0 aromatic heterocycles. The van der Waals surface area contributed by atoms with Crippen LogP contribution in [0, 0.1) is 10.1 Å². The number of nitro benzene ring substituents is 1. The number of aliphatic hydroxyl groups is 1. The maximum atomic E-state index is 11.2. The summed E-state index contributed by atoms with van der Waals surface area (Å²) >= 11 is 0. The molecule has 0 heterocycles. The van der Waals surface area contributed by atoms with Crippen molar-refractivity contribution in [3.8, 4) is 5.75 Å².